The van der Waals surface area contributed by atoms with E-state index in [1.54, 1.807) is 30.3 Å². The Kier molecular flexibility index (Phi) is 5.94. The molecule has 1 heterocycles. The van der Waals surface area contributed by atoms with Crippen molar-refractivity contribution in [2.45, 2.75) is 27.3 Å². The summed E-state index contributed by atoms with van der Waals surface area (Å²) in [4.78, 5) is 25.6. The third-order valence-electron chi connectivity index (χ3n) is 4.33. The molecule has 0 aliphatic rings. The first-order chi connectivity index (χ1) is 13.6. The SMILES string of the molecule is CC(C)(C)C(=O)/C=c1\s/c(=C\c2cccc(F)c2)c(=O)n1Cc1ccc(F)cc1. The summed E-state index contributed by atoms with van der Waals surface area (Å²) in [6, 6.07) is 11.8. The maximum absolute atomic E-state index is 13.5. The molecule has 0 aliphatic carbocycles. The molecule has 6 heteroatoms. The predicted molar refractivity (Wildman–Crippen MR) is 112 cm³/mol. The Hall–Kier alpha value is -2.86. The molecule has 29 heavy (non-hydrogen) atoms. The van der Waals surface area contributed by atoms with E-state index < -0.39 is 11.2 Å². The summed E-state index contributed by atoms with van der Waals surface area (Å²) in [5.74, 6) is -0.859. The molecule has 3 nitrogen and oxygen atoms in total. The van der Waals surface area contributed by atoms with Crippen molar-refractivity contribution in [3.8, 4) is 0 Å². The maximum atomic E-state index is 13.5. The van der Waals surface area contributed by atoms with Crippen LogP contribution in [0.1, 0.15) is 31.9 Å². The number of hydrogen-bond acceptors (Lipinski definition) is 3. The van der Waals surface area contributed by atoms with Crippen LogP contribution >= 0.6 is 11.3 Å². The summed E-state index contributed by atoms with van der Waals surface area (Å²) in [6.07, 6.45) is 3.08. The maximum Gasteiger partial charge on any atom is 0.269 e. The minimum atomic E-state index is -0.590. The lowest BCUT2D eigenvalue weighted by molar-refractivity contribution is -0.120. The molecule has 150 valence electrons. The van der Waals surface area contributed by atoms with E-state index in [4.69, 9.17) is 0 Å². The molecule has 0 N–H and O–H groups in total. The van der Waals surface area contributed by atoms with Crippen molar-refractivity contribution in [2.24, 2.45) is 5.41 Å². The van der Waals surface area contributed by atoms with Gasteiger partial charge in [-0.1, -0.05) is 45.0 Å². The van der Waals surface area contributed by atoms with Crippen LogP contribution in [0.2, 0.25) is 0 Å². The molecule has 0 saturated heterocycles. The van der Waals surface area contributed by atoms with Gasteiger partial charge in [0.2, 0.25) is 0 Å². The van der Waals surface area contributed by atoms with Crippen LogP contribution in [-0.4, -0.2) is 10.4 Å². The summed E-state index contributed by atoms with van der Waals surface area (Å²) < 4.78 is 29.1. The largest absolute Gasteiger partial charge is 0.294 e. The number of nitrogens with zero attached hydrogens (tertiary/aromatic N) is 1. The Morgan fingerprint density at radius 1 is 1.07 bits per heavy atom. The molecule has 0 fully saturated rings. The van der Waals surface area contributed by atoms with Gasteiger partial charge in [0.05, 0.1) is 11.1 Å². The molecular weight excluding hydrogens is 392 g/mol. The van der Waals surface area contributed by atoms with Gasteiger partial charge in [-0.05, 0) is 41.5 Å². The number of carbonyl (C=O) groups is 1. The molecule has 1 aromatic heterocycles. The van der Waals surface area contributed by atoms with Crippen molar-refractivity contribution in [3.63, 3.8) is 0 Å². The van der Waals surface area contributed by atoms with E-state index in [9.17, 15) is 18.4 Å². The Morgan fingerprint density at radius 2 is 1.76 bits per heavy atom. The lowest BCUT2D eigenvalue weighted by atomic mass is 9.91. The fraction of sp³-hybridized carbons (Fsp3) is 0.217. The van der Waals surface area contributed by atoms with Gasteiger partial charge < -0.3 is 0 Å². The molecule has 2 aromatic carbocycles. The normalized spacial score (nSPS) is 13.1. The van der Waals surface area contributed by atoms with Gasteiger partial charge in [0.25, 0.3) is 5.56 Å². The van der Waals surface area contributed by atoms with Gasteiger partial charge in [0.15, 0.2) is 5.78 Å². The van der Waals surface area contributed by atoms with Crippen molar-refractivity contribution in [2.75, 3.05) is 0 Å². The molecule has 3 rings (SSSR count). The number of ketones is 1. The highest BCUT2D eigenvalue weighted by molar-refractivity contribution is 7.07. The van der Waals surface area contributed by atoms with Crippen LogP contribution in [0.3, 0.4) is 0 Å². The molecular formula is C23H21F2NO2S. The number of Topliss-reactive ketones (excluding diaryl/α,β-unsaturated/α-hetero) is 1. The van der Waals surface area contributed by atoms with Crippen LogP contribution in [-0.2, 0) is 11.3 Å². The molecule has 0 atom stereocenters. The zero-order valence-electron chi connectivity index (χ0n) is 16.4. The molecule has 0 radical (unpaired) electrons. The standard InChI is InChI=1S/C23H21F2NO2S/c1-23(2,3)20(27)13-21-26(14-15-7-9-17(24)10-8-15)22(28)19(29-21)12-16-5-4-6-18(25)11-16/h4-13H,14H2,1-3H3/b19-12-,21-13-. The van der Waals surface area contributed by atoms with Gasteiger partial charge in [0.1, 0.15) is 16.3 Å². The van der Waals surface area contributed by atoms with Gasteiger partial charge in [-0.2, -0.15) is 0 Å². The molecule has 0 aliphatic heterocycles. The molecule has 3 aromatic rings. The second-order valence-corrected chi connectivity index (χ2v) is 8.84. The van der Waals surface area contributed by atoms with E-state index in [1.807, 2.05) is 20.8 Å². The highest BCUT2D eigenvalue weighted by Crippen LogP contribution is 2.15. The van der Waals surface area contributed by atoms with Gasteiger partial charge in [-0.15, -0.1) is 11.3 Å². The molecule has 0 saturated carbocycles. The number of hydrogen-bond donors (Lipinski definition) is 0. The summed E-state index contributed by atoms with van der Waals surface area (Å²) in [7, 11) is 0. The monoisotopic (exact) mass is 413 g/mol. The lowest BCUT2D eigenvalue weighted by Crippen LogP contribution is -2.32. The molecule has 0 unspecified atom stereocenters. The number of thiazole rings is 1. The van der Waals surface area contributed by atoms with E-state index in [2.05, 4.69) is 0 Å². The van der Waals surface area contributed by atoms with Gasteiger partial charge >= 0.3 is 0 Å². The van der Waals surface area contributed by atoms with Crippen LogP contribution in [0, 0.1) is 17.0 Å². The van der Waals surface area contributed by atoms with Crippen molar-refractivity contribution in [1.82, 2.24) is 4.57 Å². The number of aromatic nitrogens is 1. The fourth-order valence-electron chi connectivity index (χ4n) is 2.64. The molecule has 0 bridgehead atoms. The zero-order valence-corrected chi connectivity index (χ0v) is 17.2. The van der Waals surface area contributed by atoms with E-state index >= 15 is 0 Å². The number of carbonyl (C=O) groups excluding carboxylic acids is 1. The average Bonchev–Trinajstić information content (AvgIpc) is 2.91. The second-order valence-electron chi connectivity index (χ2n) is 7.78. The van der Waals surface area contributed by atoms with E-state index in [0.29, 0.717) is 14.8 Å². The summed E-state index contributed by atoms with van der Waals surface area (Å²) in [5, 5.41) is 0. The Labute approximate surface area is 171 Å². The van der Waals surface area contributed by atoms with Crippen molar-refractivity contribution in [1.29, 1.82) is 0 Å². The Morgan fingerprint density at radius 3 is 2.38 bits per heavy atom. The first-order valence-corrected chi connectivity index (χ1v) is 9.93. The summed E-state index contributed by atoms with van der Waals surface area (Å²) in [5.41, 5.74) is 0.427. The fourth-order valence-corrected chi connectivity index (χ4v) is 3.68. The number of benzene rings is 2. The quantitative estimate of drug-likeness (QED) is 0.657. The molecule has 0 spiro atoms. The van der Waals surface area contributed by atoms with Gasteiger partial charge in [-0.3, -0.25) is 14.2 Å². The van der Waals surface area contributed by atoms with Crippen molar-refractivity contribution in [3.05, 3.63) is 90.8 Å². The van der Waals surface area contributed by atoms with E-state index in [0.717, 1.165) is 5.56 Å². The van der Waals surface area contributed by atoms with Gasteiger partial charge in [-0.25, -0.2) is 8.78 Å². The Bertz CT molecular complexity index is 1220. The topological polar surface area (TPSA) is 39.1 Å². The van der Waals surface area contributed by atoms with Crippen LogP contribution in [0.15, 0.2) is 53.3 Å². The lowest BCUT2D eigenvalue weighted by Gasteiger charge is -2.13. The summed E-state index contributed by atoms with van der Waals surface area (Å²) >= 11 is 1.18. The predicted octanol–water partition coefficient (Wildman–Crippen LogP) is 3.46. The minimum Gasteiger partial charge on any atom is -0.294 e. The number of halogens is 2. The second kappa shape index (κ2) is 8.25. The first kappa shape index (κ1) is 20.9. The van der Waals surface area contributed by atoms with Crippen LogP contribution in [0.4, 0.5) is 8.78 Å². The summed E-state index contributed by atoms with van der Waals surface area (Å²) in [6.45, 7) is 5.63. The van der Waals surface area contributed by atoms with Crippen molar-refractivity contribution >= 4 is 29.3 Å². The van der Waals surface area contributed by atoms with E-state index in [-0.39, 0.29) is 23.7 Å². The van der Waals surface area contributed by atoms with Crippen LogP contribution in [0.25, 0.3) is 12.2 Å². The highest BCUT2D eigenvalue weighted by Gasteiger charge is 2.19. The smallest absolute Gasteiger partial charge is 0.269 e. The van der Waals surface area contributed by atoms with Crippen molar-refractivity contribution < 1.29 is 13.6 Å². The molecule has 0 amide bonds. The third kappa shape index (κ3) is 5.15. The van der Waals surface area contributed by atoms with Crippen LogP contribution < -0.4 is 14.8 Å². The Balaban J connectivity index is 2.17. The first-order valence-electron chi connectivity index (χ1n) is 9.11. The van der Waals surface area contributed by atoms with E-state index in [1.165, 1.54) is 46.2 Å². The van der Waals surface area contributed by atoms with Gasteiger partial charge in [0, 0.05) is 11.5 Å². The average molecular weight is 413 g/mol. The zero-order chi connectivity index (χ0) is 21.2. The van der Waals surface area contributed by atoms with Crippen LogP contribution in [0.5, 0.6) is 0 Å². The highest BCUT2D eigenvalue weighted by atomic mass is 32.1. The third-order valence-corrected chi connectivity index (χ3v) is 5.39. The number of rotatable bonds is 4. The minimum absolute atomic E-state index is 0.107.